The third-order valence-corrected chi connectivity index (χ3v) is 5.32. The van der Waals surface area contributed by atoms with Crippen molar-refractivity contribution >= 4 is 16.9 Å². The molecule has 5 nitrogen and oxygen atoms in total. The van der Waals surface area contributed by atoms with Gasteiger partial charge in [-0.25, -0.2) is 4.98 Å². The summed E-state index contributed by atoms with van der Waals surface area (Å²) in [6.07, 6.45) is 4.59. The molecule has 1 aliphatic carbocycles. The van der Waals surface area contributed by atoms with Crippen LogP contribution in [0.5, 0.6) is 0 Å². The Morgan fingerprint density at radius 1 is 1.26 bits per heavy atom. The topological polar surface area (TPSA) is 64.0 Å². The van der Waals surface area contributed by atoms with Gasteiger partial charge in [-0.2, -0.15) is 0 Å². The van der Waals surface area contributed by atoms with Crippen LogP contribution >= 0.6 is 0 Å². The Kier molecular flexibility index (Phi) is 4.52. The highest BCUT2D eigenvalue weighted by molar-refractivity contribution is 5.97. The first-order chi connectivity index (χ1) is 13.1. The number of nitrogens with one attached hydrogen (secondary N) is 1. The van der Waals surface area contributed by atoms with Crippen molar-refractivity contribution in [2.24, 2.45) is 0 Å². The second-order valence-electron chi connectivity index (χ2n) is 7.10. The predicted octanol–water partition coefficient (Wildman–Crippen LogP) is 3.53. The molecule has 4 rings (SSSR count). The van der Waals surface area contributed by atoms with Gasteiger partial charge in [0, 0.05) is 18.4 Å². The lowest BCUT2D eigenvalue weighted by molar-refractivity contribution is 0.0931. The fourth-order valence-electron chi connectivity index (χ4n) is 3.90. The number of hydrogen-bond donors (Lipinski definition) is 1. The Morgan fingerprint density at radius 2 is 2.07 bits per heavy atom. The Morgan fingerprint density at radius 3 is 2.89 bits per heavy atom. The zero-order chi connectivity index (χ0) is 19.0. The summed E-state index contributed by atoms with van der Waals surface area (Å²) < 4.78 is 1.87. The van der Waals surface area contributed by atoms with Crippen molar-refractivity contribution in [2.45, 2.75) is 45.7 Å². The number of rotatable bonds is 3. The first-order valence-corrected chi connectivity index (χ1v) is 9.48. The van der Waals surface area contributed by atoms with E-state index in [1.807, 2.05) is 36.6 Å². The smallest absolute Gasteiger partial charge is 0.257 e. The number of nitrogens with zero attached hydrogens (tertiary/aromatic N) is 2. The Hall–Kier alpha value is -2.95. The molecule has 1 aliphatic rings. The average Bonchev–Trinajstić information content (AvgIpc) is 2.68. The van der Waals surface area contributed by atoms with Gasteiger partial charge in [-0.15, -0.1) is 0 Å². The molecule has 0 saturated carbocycles. The lowest BCUT2D eigenvalue weighted by Gasteiger charge is -2.26. The maximum Gasteiger partial charge on any atom is 0.257 e. The van der Waals surface area contributed by atoms with Crippen LogP contribution in [0.4, 0.5) is 0 Å². The van der Waals surface area contributed by atoms with Crippen LogP contribution in [0.1, 0.15) is 53.0 Å². The number of fused-ring (bicyclic) bond motifs is 2. The highest BCUT2D eigenvalue weighted by atomic mass is 16.2. The molecule has 0 radical (unpaired) electrons. The van der Waals surface area contributed by atoms with E-state index < -0.39 is 0 Å². The molecular weight excluding hydrogens is 338 g/mol. The van der Waals surface area contributed by atoms with E-state index in [0.29, 0.717) is 17.6 Å². The van der Waals surface area contributed by atoms with Gasteiger partial charge in [-0.05, 0) is 56.4 Å². The zero-order valence-corrected chi connectivity index (χ0v) is 15.7. The van der Waals surface area contributed by atoms with Crippen molar-refractivity contribution in [3.63, 3.8) is 0 Å². The second-order valence-corrected chi connectivity index (χ2v) is 7.10. The highest BCUT2D eigenvalue weighted by Crippen LogP contribution is 2.29. The fraction of sp³-hybridized carbons (Fsp3) is 0.318. The number of aromatic nitrogens is 2. The first kappa shape index (κ1) is 17.5. The van der Waals surface area contributed by atoms with Gasteiger partial charge < -0.3 is 9.88 Å². The quantitative estimate of drug-likeness (QED) is 0.776. The summed E-state index contributed by atoms with van der Waals surface area (Å²) in [7, 11) is 0. The van der Waals surface area contributed by atoms with Crippen molar-refractivity contribution < 1.29 is 4.79 Å². The summed E-state index contributed by atoms with van der Waals surface area (Å²) in [6, 6.07) is 11.7. The number of amides is 1. The minimum Gasteiger partial charge on any atom is -0.345 e. The molecule has 0 fully saturated rings. The third-order valence-electron chi connectivity index (χ3n) is 5.32. The molecule has 5 heteroatoms. The molecule has 138 valence electrons. The van der Waals surface area contributed by atoms with Gasteiger partial charge in [0.25, 0.3) is 5.91 Å². The van der Waals surface area contributed by atoms with E-state index in [1.54, 1.807) is 12.3 Å². The molecule has 1 atom stereocenters. The Labute approximate surface area is 158 Å². The predicted molar refractivity (Wildman–Crippen MR) is 106 cm³/mol. The molecular formula is C22H23N3O2. The summed E-state index contributed by atoms with van der Waals surface area (Å²) in [5, 5.41) is 3.57. The van der Waals surface area contributed by atoms with Crippen LogP contribution in [0.3, 0.4) is 0 Å². The normalized spacial score (nSPS) is 16.1. The molecule has 1 aromatic carbocycles. The van der Waals surface area contributed by atoms with Crippen LogP contribution in [-0.2, 0) is 13.0 Å². The van der Waals surface area contributed by atoms with E-state index in [0.717, 1.165) is 30.5 Å². The fourth-order valence-corrected chi connectivity index (χ4v) is 3.90. The molecule has 27 heavy (non-hydrogen) atoms. The summed E-state index contributed by atoms with van der Waals surface area (Å²) in [6.45, 7) is 4.51. The minimum absolute atomic E-state index is 0.0521. The monoisotopic (exact) mass is 361 g/mol. The van der Waals surface area contributed by atoms with Crippen molar-refractivity contribution in [3.05, 3.63) is 75.2 Å². The number of carbonyl (C=O) groups excluding carboxylic acids is 1. The standard InChI is InChI=1S/C22H23N3O2/c1-3-25-13-18(20(26)17-12-11-14(2)23-21(17)25)22(27)24-19-10-6-8-15-7-4-5-9-16(15)19/h4-5,7,9,11-13,19H,3,6,8,10H2,1-2H3,(H,24,27)/t19-/m0/s1. The number of hydrogen-bond acceptors (Lipinski definition) is 3. The van der Waals surface area contributed by atoms with Gasteiger partial charge in [0.2, 0.25) is 5.43 Å². The summed E-state index contributed by atoms with van der Waals surface area (Å²) in [5.41, 5.74) is 3.83. The van der Waals surface area contributed by atoms with Crippen LogP contribution in [0.2, 0.25) is 0 Å². The van der Waals surface area contributed by atoms with Crippen LogP contribution in [0.25, 0.3) is 11.0 Å². The summed E-state index contributed by atoms with van der Waals surface area (Å²) in [4.78, 5) is 30.4. The van der Waals surface area contributed by atoms with Crippen LogP contribution in [-0.4, -0.2) is 15.5 Å². The molecule has 3 aromatic rings. The molecule has 2 aromatic heterocycles. The Bertz CT molecular complexity index is 1080. The molecule has 0 spiro atoms. The highest BCUT2D eigenvalue weighted by Gasteiger charge is 2.24. The van der Waals surface area contributed by atoms with E-state index in [-0.39, 0.29) is 22.9 Å². The van der Waals surface area contributed by atoms with E-state index in [2.05, 4.69) is 22.4 Å². The molecule has 0 unspecified atom stereocenters. The Balaban J connectivity index is 1.73. The molecule has 0 bridgehead atoms. The first-order valence-electron chi connectivity index (χ1n) is 9.48. The van der Waals surface area contributed by atoms with Crippen molar-refractivity contribution in [1.29, 1.82) is 0 Å². The van der Waals surface area contributed by atoms with E-state index in [1.165, 1.54) is 5.56 Å². The van der Waals surface area contributed by atoms with Crippen molar-refractivity contribution in [3.8, 4) is 0 Å². The van der Waals surface area contributed by atoms with Gasteiger partial charge >= 0.3 is 0 Å². The maximum atomic E-state index is 13.0. The number of pyridine rings is 2. The second kappa shape index (κ2) is 6.99. The SMILES string of the molecule is CCn1cc(C(=O)N[C@H]2CCCc3ccccc32)c(=O)c2ccc(C)nc21. The lowest BCUT2D eigenvalue weighted by atomic mass is 9.87. The maximum absolute atomic E-state index is 13.0. The van der Waals surface area contributed by atoms with Gasteiger partial charge in [-0.3, -0.25) is 9.59 Å². The molecule has 2 heterocycles. The van der Waals surface area contributed by atoms with Gasteiger partial charge in [0.05, 0.1) is 11.4 Å². The van der Waals surface area contributed by atoms with E-state index in [9.17, 15) is 9.59 Å². The summed E-state index contributed by atoms with van der Waals surface area (Å²) in [5.74, 6) is -0.314. The minimum atomic E-state index is -0.314. The lowest BCUT2D eigenvalue weighted by Crippen LogP contribution is -2.34. The zero-order valence-electron chi connectivity index (χ0n) is 15.7. The van der Waals surface area contributed by atoms with Gasteiger partial charge in [-0.1, -0.05) is 24.3 Å². The van der Waals surface area contributed by atoms with Crippen LogP contribution < -0.4 is 10.7 Å². The largest absolute Gasteiger partial charge is 0.345 e. The van der Waals surface area contributed by atoms with E-state index in [4.69, 9.17) is 0 Å². The van der Waals surface area contributed by atoms with Gasteiger partial charge in [0.1, 0.15) is 11.2 Å². The number of aryl methyl sites for hydroxylation is 3. The number of carbonyl (C=O) groups is 1. The third kappa shape index (κ3) is 3.14. The van der Waals surface area contributed by atoms with Crippen molar-refractivity contribution in [1.82, 2.24) is 14.9 Å². The van der Waals surface area contributed by atoms with E-state index >= 15 is 0 Å². The average molecular weight is 361 g/mol. The molecule has 1 N–H and O–H groups in total. The number of benzene rings is 1. The molecule has 1 amide bonds. The van der Waals surface area contributed by atoms with Gasteiger partial charge in [0.15, 0.2) is 0 Å². The summed E-state index contributed by atoms with van der Waals surface area (Å²) >= 11 is 0. The molecule has 0 saturated heterocycles. The molecule has 0 aliphatic heterocycles. The van der Waals surface area contributed by atoms with Crippen LogP contribution in [0, 0.1) is 6.92 Å². The van der Waals surface area contributed by atoms with Crippen LogP contribution in [0.15, 0.2) is 47.4 Å². The van der Waals surface area contributed by atoms with Crippen molar-refractivity contribution in [2.75, 3.05) is 0 Å².